The predicted octanol–water partition coefficient (Wildman–Crippen LogP) is 3.23. The summed E-state index contributed by atoms with van der Waals surface area (Å²) in [6.45, 7) is 8.31. The molecule has 0 aromatic heterocycles. The Hall–Kier alpha value is -1.55. The van der Waals surface area contributed by atoms with Crippen molar-refractivity contribution < 1.29 is 9.59 Å². The van der Waals surface area contributed by atoms with Gasteiger partial charge in [0.2, 0.25) is 11.8 Å². The zero-order valence-electron chi connectivity index (χ0n) is 12.9. The minimum Gasteiger partial charge on any atom is -0.337 e. The Bertz CT molecular complexity index is 578. The van der Waals surface area contributed by atoms with Crippen molar-refractivity contribution in [2.45, 2.75) is 39.7 Å². The van der Waals surface area contributed by atoms with E-state index in [-0.39, 0.29) is 29.7 Å². The highest BCUT2D eigenvalue weighted by atomic mass is 35.5. The summed E-state index contributed by atoms with van der Waals surface area (Å²) in [6, 6.07) is 5.37. The van der Waals surface area contributed by atoms with E-state index in [4.69, 9.17) is 11.6 Å². The summed E-state index contributed by atoms with van der Waals surface area (Å²) in [4.78, 5) is 26.2. The first-order valence-corrected chi connectivity index (χ1v) is 7.44. The molecule has 114 valence electrons. The summed E-state index contributed by atoms with van der Waals surface area (Å²) in [7, 11) is 0. The van der Waals surface area contributed by atoms with Gasteiger partial charge in [0.15, 0.2) is 0 Å². The molecule has 0 unspecified atom stereocenters. The van der Waals surface area contributed by atoms with Crippen LogP contribution < -0.4 is 5.32 Å². The molecule has 0 saturated carbocycles. The number of likely N-dealkylation sites (tertiary alicyclic amines) is 1. The van der Waals surface area contributed by atoms with E-state index < -0.39 is 0 Å². The second-order valence-corrected chi connectivity index (χ2v) is 6.96. The maximum Gasteiger partial charge on any atom is 0.229 e. The van der Waals surface area contributed by atoms with E-state index in [1.54, 1.807) is 17.0 Å². The number of halogens is 1. The molecule has 4 nitrogen and oxygen atoms in total. The maximum absolute atomic E-state index is 12.4. The van der Waals surface area contributed by atoms with E-state index in [0.717, 1.165) is 5.56 Å². The lowest BCUT2D eigenvalue weighted by atomic mass is 10.1. The molecule has 0 radical (unpaired) electrons. The average Bonchev–Trinajstić information content (AvgIpc) is 2.76. The number of nitrogens with zero attached hydrogens (tertiary/aromatic N) is 1. The Morgan fingerprint density at radius 2 is 2.05 bits per heavy atom. The molecule has 1 saturated heterocycles. The molecule has 0 spiro atoms. The molecule has 1 fully saturated rings. The number of aryl methyl sites for hydroxylation is 1. The number of hydrogen-bond acceptors (Lipinski definition) is 2. The summed E-state index contributed by atoms with van der Waals surface area (Å²) in [6.07, 6.45) is 0.267. The third kappa shape index (κ3) is 3.56. The number of rotatable bonds is 2. The van der Waals surface area contributed by atoms with Crippen molar-refractivity contribution in [2.24, 2.45) is 5.92 Å². The molecule has 1 aliphatic rings. The first-order valence-electron chi connectivity index (χ1n) is 7.06. The first kappa shape index (κ1) is 15.8. The third-order valence-electron chi connectivity index (χ3n) is 3.76. The highest BCUT2D eigenvalue weighted by Crippen LogP contribution is 2.27. The number of carbonyl (C=O) groups excluding carboxylic acids is 2. The number of nitrogens with one attached hydrogen (secondary N) is 1. The van der Waals surface area contributed by atoms with Crippen LogP contribution in [0.15, 0.2) is 18.2 Å². The van der Waals surface area contributed by atoms with Crippen LogP contribution in [0.25, 0.3) is 0 Å². The summed E-state index contributed by atoms with van der Waals surface area (Å²) < 4.78 is 0. The smallest absolute Gasteiger partial charge is 0.229 e. The lowest BCUT2D eigenvalue weighted by molar-refractivity contribution is -0.131. The van der Waals surface area contributed by atoms with Gasteiger partial charge >= 0.3 is 0 Å². The van der Waals surface area contributed by atoms with Gasteiger partial charge in [0, 0.05) is 29.2 Å². The van der Waals surface area contributed by atoms with Crippen LogP contribution in [0.4, 0.5) is 5.69 Å². The molecule has 1 atom stereocenters. The van der Waals surface area contributed by atoms with Crippen molar-refractivity contribution in [3.63, 3.8) is 0 Å². The van der Waals surface area contributed by atoms with Crippen molar-refractivity contribution in [3.05, 3.63) is 28.8 Å². The summed E-state index contributed by atoms with van der Waals surface area (Å²) >= 11 is 5.95. The molecule has 0 aliphatic carbocycles. The number of anilines is 1. The number of benzene rings is 1. The van der Waals surface area contributed by atoms with Crippen LogP contribution >= 0.6 is 11.6 Å². The van der Waals surface area contributed by atoms with Crippen LogP contribution in [0.3, 0.4) is 0 Å². The van der Waals surface area contributed by atoms with E-state index in [1.165, 1.54) is 0 Å². The summed E-state index contributed by atoms with van der Waals surface area (Å²) in [5.41, 5.74) is 1.40. The first-order chi connectivity index (χ1) is 9.68. The summed E-state index contributed by atoms with van der Waals surface area (Å²) in [5.74, 6) is -0.402. The molecule has 2 amide bonds. The molecule has 0 bridgehead atoms. The Kier molecular flexibility index (Phi) is 4.28. The molecule has 1 aromatic carbocycles. The van der Waals surface area contributed by atoms with Crippen LogP contribution in [-0.4, -0.2) is 28.8 Å². The van der Waals surface area contributed by atoms with Crippen molar-refractivity contribution in [1.29, 1.82) is 0 Å². The molecule has 21 heavy (non-hydrogen) atoms. The largest absolute Gasteiger partial charge is 0.337 e. The molecule has 5 heteroatoms. The van der Waals surface area contributed by atoms with E-state index in [9.17, 15) is 9.59 Å². The molecule has 2 rings (SSSR count). The SMILES string of the molecule is Cc1ccc(Cl)cc1NC(=O)[C@H]1CC(=O)N(C(C)(C)C)C1. The second-order valence-electron chi connectivity index (χ2n) is 6.52. The Morgan fingerprint density at radius 1 is 1.38 bits per heavy atom. The van der Waals surface area contributed by atoms with Gasteiger partial charge in [-0.25, -0.2) is 0 Å². The zero-order valence-corrected chi connectivity index (χ0v) is 13.6. The third-order valence-corrected chi connectivity index (χ3v) is 4.00. The normalized spacial score (nSPS) is 19.0. The topological polar surface area (TPSA) is 49.4 Å². The highest BCUT2D eigenvalue weighted by molar-refractivity contribution is 6.31. The number of amides is 2. The maximum atomic E-state index is 12.4. The molecule has 1 aromatic rings. The van der Waals surface area contributed by atoms with Gasteiger partial charge in [-0.2, -0.15) is 0 Å². The van der Waals surface area contributed by atoms with Crippen LogP contribution in [0.5, 0.6) is 0 Å². The van der Waals surface area contributed by atoms with E-state index in [2.05, 4.69) is 5.32 Å². The van der Waals surface area contributed by atoms with E-state index in [1.807, 2.05) is 33.8 Å². The lowest BCUT2D eigenvalue weighted by Gasteiger charge is -2.31. The molecular weight excluding hydrogens is 288 g/mol. The minimum absolute atomic E-state index is 0.0328. The Balaban J connectivity index is 2.09. The van der Waals surface area contributed by atoms with Crippen LogP contribution in [0, 0.1) is 12.8 Å². The van der Waals surface area contributed by atoms with Gasteiger partial charge in [-0.05, 0) is 45.4 Å². The van der Waals surface area contributed by atoms with Crippen LogP contribution in [0.2, 0.25) is 5.02 Å². The molecular formula is C16H21ClN2O2. The summed E-state index contributed by atoms with van der Waals surface area (Å²) in [5, 5.41) is 3.46. The molecule has 1 aliphatic heterocycles. The Morgan fingerprint density at radius 3 is 2.62 bits per heavy atom. The zero-order chi connectivity index (χ0) is 15.8. The lowest BCUT2D eigenvalue weighted by Crippen LogP contribution is -2.42. The van der Waals surface area contributed by atoms with Gasteiger partial charge in [0.25, 0.3) is 0 Å². The van der Waals surface area contributed by atoms with Gasteiger partial charge < -0.3 is 10.2 Å². The predicted molar refractivity (Wildman–Crippen MR) is 84.4 cm³/mol. The van der Waals surface area contributed by atoms with Gasteiger partial charge in [-0.1, -0.05) is 17.7 Å². The molecule has 1 N–H and O–H groups in total. The Labute approximate surface area is 130 Å². The van der Waals surface area contributed by atoms with Gasteiger partial charge in [0.05, 0.1) is 5.92 Å². The number of hydrogen-bond donors (Lipinski definition) is 1. The van der Waals surface area contributed by atoms with Crippen molar-refractivity contribution in [2.75, 3.05) is 11.9 Å². The monoisotopic (exact) mass is 308 g/mol. The highest BCUT2D eigenvalue weighted by Gasteiger charge is 2.39. The van der Waals surface area contributed by atoms with Gasteiger partial charge in [0.1, 0.15) is 0 Å². The quantitative estimate of drug-likeness (QED) is 0.912. The average molecular weight is 309 g/mol. The van der Waals surface area contributed by atoms with Crippen LogP contribution in [0.1, 0.15) is 32.8 Å². The number of carbonyl (C=O) groups is 2. The minimum atomic E-state index is -0.310. The van der Waals surface area contributed by atoms with Crippen LogP contribution in [-0.2, 0) is 9.59 Å². The fourth-order valence-corrected chi connectivity index (χ4v) is 2.67. The van der Waals surface area contributed by atoms with Crippen molar-refractivity contribution in [3.8, 4) is 0 Å². The van der Waals surface area contributed by atoms with Gasteiger partial charge in [-0.3, -0.25) is 9.59 Å². The standard InChI is InChI=1S/C16H21ClN2O2/c1-10-5-6-12(17)8-13(10)18-15(21)11-7-14(20)19(9-11)16(2,3)4/h5-6,8,11H,7,9H2,1-4H3,(H,18,21)/t11-/m0/s1. The fraction of sp³-hybridized carbons (Fsp3) is 0.500. The van der Waals surface area contributed by atoms with Crippen molar-refractivity contribution in [1.82, 2.24) is 4.90 Å². The fourth-order valence-electron chi connectivity index (χ4n) is 2.49. The van der Waals surface area contributed by atoms with E-state index in [0.29, 0.717) is 17.3 Å². The second kappa shape index (κ2) is 5.68. The molecule has 1 heterocycles. The van der Waals surface area contributed by atoms with E-state index >= 15 is 0 Å². The van der Waals surface area contributed by atoms with Gasteiger partial charge in [-0.15, -0.1) is 0 Å². The van der Waals surface area contributed by atoms with Crippen molar-refractivity contribution >= 4 is 29.1 Å².